The molecule has 0 spiro atoms. The van der Waals surface area contributed by atoms with Crippen LogP contribution in [0.1, 0.15) is 22.8 Å². The van der Waals surface area contributed by atoms with Crippen LogP contribution < -0.4 is 0 Å². The molecule has 0 saturated heterocycles. The average molecular weight is 381 g/mol. The molecule has 7 heteroatoms. The van der Waals surface area contributed by atoms with Crippen LogP contribution in [-0.4, -0.2) is 10.1 Å². The molecule has 0 fully saturated rings. The van der Waals surface area contributed by atoms with Gasteiger partial charge >= 0.3 is 6.18 Å². The number of rotatable bonds is 3. The molecule has 21 heavy (non-hydrogen) atoms. The normalized spacial score (nSPS) is 13.2. The topological polar surface area (TPSA) is 33.1 Å². The highest BCUT2D eigenvalue weighted by Gasteiger charge is 2.33. The first-order valence-corrected chi connectivity index (χ1v) is 7.09. The van der Waals surface area contributed by atoms with E-state index in [1.807, 2.05) is 0 Å². The van der Waals surface area contributed by atoms with Gasteiger partial charge in [-0.05, 0) is 29.3 Å². The molecule has 0 aliphatic heterocycles. The Morgan fingerprint density at radius 1 is 1.29 bits per heavy atom. The third kappa shape index (κ3) is 3.96. The fourth-order valence-corrected chi connectivity index (χ4v) is 2.53. The maximum absolute atomic E-state index is 12.8. The van der Waals surface area contributed by atoms with Crippen LogP contribution in [0.5, 0.6) is 0 Å². The molecule has 2 aromatic rings. The molecule has 1 N–H and O–H groups in total. The van der Waals surface area contributed by atoms with E-state index in [1.54, 1.807) is 6.07 Å². The van der Waals surface area contributed by atoms with Gasteiger partial charge in [0.25, 0.3) is 0 Å². The van der Waals surface area contributed by atoms with Crippen LogP contribution >= 0.6 is 27.5 Å². The van der Waals surface area contributed by atoms with Crippen molar-refractivity contribution >= 4 is 27.5 Å². The van der Waals surface area contributed by atoms with E-state index in [-0.39, 0.29) is 16.5 Å². The molecule has 0 bridgehead atoms. The van der Waals surface area contributed by atoms with Crippen molar-refractivity contribution in [3.8, 4) is 0 Å². The molecule has 0 aliphatic carbocycles. The molecule has 1 aromatic carbocycles. The minimum Gasteiger partial charge on any atom is -0.388 e. The Bertz CT molecular complexity index is 648. The lowest BCUT2D eigenvalue weighted by Gasteiger charge is -2.15. The zero-order chi connectivity index (χ0) is 15.6. The largest absolute Gasteiger partial charge is 0.417 e. The summed E-state index contributed by atoms with van der Waals surface area (Å²) in [6.45, 7) is 0. The second kappa shape index (κ2) is 6.34. The summed E-state index contributed by atoms with van der Waals surface area (Å²) in [6.07, 6.45) is -2.52. The Morgan fingerprint density at radius 2 is 2.00 bits per heavy atom. The number of aliphatic hydroxyl groups excluding tert-OH is 1. The maximum Gasteiger partial charge on any atom is 0.417 e. The van der Waals surface area contributed by atoms with Gasteiger partial charge in [0.1, 0.15) is 0 Å². The zero-order valence-corrected chi connectivity index (χ0v) is 12.9. The van der Waals surface area contributed by atoms with Crippen molar-refractivity contribution in [1.29, 1.82) is 0 Å². The van der Waals surface area contributed by atoms with Gasteiger partial charge in [-0.25, -0.2) is 0 Å². The van der Waals surface area contributed by atoms with Crippen LogP contribution in [0.3, 0.4) is 0 Å². The summed E-state index contributed by atoms with van der Waals surface area (Å²) in [4.78, 5) is 3.81. The number of pyridine rings is 1. The van der Waals surface area contributed by atoms with Crippen LogP contribution in [0, 0.1) is 0 Å². The molecule has 0 aliphatic rings. The first-order valence-electron chi connectivity index (χ1n) is 5.92. The Kier molecular flexibility index (Phi) is 4.91. The van der Waals surface area contributed by atoms with Gasteiger partial charge in [-0.2, -0.15) is 13.2 Å². The molecule has 2 rings (SSSR count). The molecule has 112 valence electrons. The SMILES string of the molecule is OC(Cc1ccncc1Cl)c1ccc(Br)c(C(F)(F)F)c1. The molecule has 0 saturated carbocycles. The second-order valence-electron chi connectivity index (χ2n) is 4.42. The summed E-state index contributed by atoms with van der Waals surface area (Å²) in [6, 6.07) is 5.27. The van der Waals surface area contributed by atoms with Gasteiger partial charge in [0.2, 0.25) is 0 Å². The lowest BCUT2D eigenvalue weighted by molar-refractivity contribution is -0.138. The number of hydrogen-bond acceptors (Lipinski definition) is 2. The van der Waals surface area contributed by atoms with Gasteiger partial charge in [0, 0.05) is 23.3 Å². The molecular weight excluding hydrogens is 371 g/mol. The number of hydrogen-bond donors (Lipinski definition) is 1. The van der Waals surface area contributed by atoms with E-state index in [0.717, 1.165) is 6.07 Å². The van der Waals surface area contributed by atoms with Crippen molar-refractivity contribution in [2.75, 3.05) is 0 Å². The molecule has 0 amide bonds. The van der Waals surface area contributed by atoms with Crippen molar-refractivity contribution in [2.45, 2.75) is 18.7 Å². The molecule has 1 atom stereocenters. The van der Waals surface area contributed by atoms with Gasteiger partial charge in [0.05, 0.1) is 16.7 Å². The number of nitrogens with zero attached hydrogens (tertiary/aromatic N) is 1. The molecule has 1 unspecified atom stereocenters. The van der Waals surface area contributed by atoms with Crippen LogP contribution in [0.2, 0.25) is 5.02 Å². The van der Waals surface area contributed by atoms with Crippen LogP contribution in [0.4, 0.5) is 13.2 Å². The van der Waals surface area contributed by atoms with E-state index >= 15 is 0 Å². The van der Waals surface area contributed by atoms with Gasteiger partial charge in [-0.15, -0.1) is 0 Å². The molecule has 0 radical (unpaired) electrons. The highest BCUT2D eigenvalue weighted by atomic mass is 79.9. The Hall–Kier alpha value is -1.11. The van der Waals surface area contributed by atoms with Gasteiger partial charge < -0.3 is 5.11 Å². The predicted octanol–water partition coefficient (Wildman–Crippen LogP) is 4.79. The van der Waals surface area contributed by atoms with Crippen LogP contribution in [0.15, 0.2) is 41.1 Å². The monoisotopic (exact) mass is 379 g/mol. The molecular formula is C14H10BrClF3NO. The highest BCUT2D eigenvalue weighted by molar-refractivity contribution is 9.10. The van der Waals surface area contributed by atoms with Crippen LogP contribution in [0.25, 0.3) is 0 Å². The van der Waals surface area contributed by atoms with Crippen molar-refractivity contribution < 1.29 is 18.3 Å². The van der Waals surface area contributed by atoms with Gasteiger partial charge in [-0.3, -0.25) is 4.98 Å². The lowest BCUT2D eigenvalue weighted by Crippen LogP contribution is -2.09. The second-order valence-corrected chi connectivity index (χ2v) is 5.69. The van der Waals surface area contributed by atoms with E-state index in [9.17, 15) is 18.3 Å². The van der Waals surface area contributed by atoms with Crippen molar-refractivity contribution in [1.82, 2.24) is 4.98 Å². The van der Waals surface area contributed by atoms with E-state index in [1.165, 1.54) is 24.5 Å². The fraction of sp³-hybridized carbons (Fsp3) is 0.214. The average Bonchev–Trinajstić information content (AvgIpc) is 2.40. The minimum atomic E-state index is -4.48. The van der Waals surface area contributed by atoms with Crippen molar-refractivity contribution in [3.05, 3.63) is 62.8 Å². The maximum atomic E-state index is 12.8. The smallest absolute Gasteiger partial charge is 0.388 e. The quantitative estimate of drug-likeness (QED) is 0.830. The highest BCUT2D eigenvalue weighted by Crippen LogP contribution is 2.36. The van der Waals surface area contributed by atoms with Crippen molar-refractivity contribution in [2.24, 2.45) is 0 Å². The Morgan fingerprint density at radius 3 is 2.62 bits per heavy atom. The van der Waals surface area contributed by atoms with Crippen LogP contribution in [-0.2, 0) is 12.6 Å². The Balaban J connectivity index is 2.28. The first-order chi connectivity index (χ1) is 9.79. The van der Waals surface area contributed by atoms with E-state index in [2.05, 4.69) is 20.9 Å². The number of benzene rings is 1. The summed E-state index contributed by atoms with van der Waals surface area (Å²) in [7, 11) is 0. The third-order valence-corrected chi connectivity index (χ3v) is 3.98. The summed E-state index contributed by atoms with van der Waals surface area (Å²) in [5, 5.41) is 10.5. The number of aliphatic hydroxyl groups is 1. The standard InChI is InChI=1S/C14H10BrClF3NO/c15-11-2-1-9(5-10(11)14(17,18)19)13(21)6-8-3-4-20-7-12(8)16/h1-5,7,13,21H,6H2. The summed E-state index contributed by atoms with van der Waals surface area (Å²) >= 11 is 8.79. The zero-order valence-electron chi connectivity index (χ0n) is 10.5. The Labute approximate surface area is 132 Å². The summed E-state index contributed by atoms with van der Waals surface area (Å²) < 4.78 is 38.5. The van der Waals surface area contributed by atoms with E-state index < -0.39 is 17.8 Å². The molecule has 2 nitrogen and oxygen atoms in total. The minimum absolute atomic E-state index is 0.0621. The third-order valence-electron chi connectivity index (χ3n) is 2.95. The fourth-order valence-electron chi connectivity index (χ4n) is 1.86. The number of halogens is 5. The van der Waals surface area contributed by atoms with Crippen molar-refractivity contribution in [3.63, 3.8) is 0 Å². The van der Waals surface area contributed by atoms with Gasteiger partial charge in [-0.1, -0.05) is 33.6 Å². The van der Waals surface area contributed by atoms with Gasteiger partial charge in [0.15, 0.2) is 0 Å². The lowest BCUT2D eigenvalue weighted by atomic mass is 10.00. The van der Waals surface area contributed by atoms with E-state index in [4.69, 9.17) is 11.6 Å². The summed E-state index contributed by atoms with van der Waals surface area (Å²) in [5.74, 6) is 0. The predicted molar refractivity (Wildman–Crippen MR) is 77.1 cm³/mol. The molecule has 1 heterocycles. The number of aromatic nitrogens is 1. The first kappa shape index (κ1) is 16.3. The van der Waals surface area contributed by atoms with E-state index in [0.29, 0.717) is 10.6 Å². The summed E-state index contributed by atoms with van der Waals surface area (Å²) in [5.41, 5.74) is -0.0195. The molecule has 1 aromatic heterocycles. The number of alkyl halides is 3.